The Bertz CT molecular complexity index is 1020. The molecule has 0 bridgehead atoms. The number of ether oxygens (including phenoxy) is 1. The highest BCUT2D eigenvalue weighted by Gasteiger charge is 2.40. The van der Waals surface area contributed by atoms with Crippen molar-refractivity contribution in [3.05, 3.63) is 65.3 Å². The predicted octanol–water partition coefficient (Wildman–Crippen LogP) is 3.85. The van der Waals surface area contributed by atoms with Crippen molar-refractivity contribution in [2.45, 2.75) is 44.0 Å². The molecular weight excluding hydrogens is 429 g/mol. The normalized spacial score (nSPS) is 21.5. The molecule has 2 aliphatic rings. The minimum absolute atomic E-state index is 0.0335. The first-order valence-electron chi connectivity index (χ1n) is 11.1. The van der Waals surface area contributed by atoms with E-state index >= 15 is 0 Å². The van der Waals surface area contributed by atoms with Gasteiger partial charge in [-0.15, -0.1) is 0 Å². The van der Waals surface area contributed by atoms with Crippen LogP contribution in [0.1, 0.15) is 48.1 Å². The number of benzene rings is 1. The Kier molecular flexibility index (Phi) is 7.10. The number of hydrogen-bond donors (Lipinski definition) is 1. The molecule has 0 spiro atoms. The van der Waals surface area contributed by atoms with Crippen LogP contribution in [0.4, 0.5) is 4.39 Å². The topological polar surface area (TPSA) is 64.4 Å². The van der Waals surface area contributed by atoms with Gasteiger partial charge < -0.3 is 4.74 Å². The van der Waals surface area contributed by atoms with Crippen LogP contribution < -0.4 is 0 Å². The maximum atomic E-state index is 14.6. The second-order valence-corrected chi connectivity index (χ2v) is 8.95. The van der Waals surface area contributed by atoms with Gasteiger partial charge in [-0.2, -0.15) is 17.7 Å². The molecule has 0 N–H and O–H groups in total. The molecule has 2 aromatic rings. The highest BCUT2D eigenvalue weighted by atomic mass is 32.1. The Morgan fingerprint density at radius 3 is 2.81 bits per heavy atom. The average Bonchev–Trinajstić information content (AvgIpc) is 3.53. The molecular formula is C24H28FN3O3S. The minimum Gasteiger partial charge on any atom is -0.462 e. The molecule has 6 nitrogen and oxygen atoms in total. The Morgan fingerprint density at radius 2 is 2.09 bits per heavy atom. The first-order valence-corrected chi connectivity index (χ1v) is 11.6. The number of esters is 1. The van der Waals surface area contributed by atoms with Crippen LogP contribution in [-0.2, 0) is 16.1 Å². The number of halogens is 1. The van der Waals surface area contributed by atoms with Crippen LogP contribution in [0.2, 0.25) is 0 Å². The summed E-state index contributed by atoms with van der Waals surface area (Å²) in [5, 5.41) is 4.29. The van der Waals surface area contributed by atoms with Gasteiger partial charge in [0.25, 0.3) is 0 Å². The molecule has 8 heteroatoms. The maximum absolute atomic E-state index is 14.6. The van der Waals surface area contributed by atoms with Gasteiger partial charge >= 0.3 is 5.97 Å². The molecule has 1 aromatic heterocycles. The number of piperidine rings is 1. The summed E-state index contributed by atoms with van der Waals surface area (Å²) in [5.41, 5.74) is 1.93. The number of rotatable bonds is 8. The zero-order valence-electron chi connectivity index (χ0n) is 18.1. The van der Waals surface area contributed by atoms with E-state index in [2.05, 4.69) is 10.00 Å². The lowest BCUT2D eigenvalue weighted by atomic mass is 9.93. The Balaban J connectivity index is 1.52. The summed E-state index contributed by atoms with van der Waals surface area (Å²) in [4.78, 5) is 27.1. The van der Waals surface area contributed by atoms with Gasteiger partial charge in [0.1, 0.15) is 5.82 Å². The molecule has 0 amide bonds. The number of thiol groups is 1. The summed E-state index contributed by atoms with van der Waals surface area (Å²) in [5.74, 6) is -0.592. The van der Waals surface area contributed by atoms with E-state index in [1.54, 1.807) is 36.0 Å². The Morgan fingerprint density at radius 1 is 1.31 bits per heavy atom. The molecule has 170 valence electrons. The lowest BCUT2D eigenvalue weighted by molar-refractivity contribution is -0.126. The third-order valence-electron chi connectivity index (χ3n) is 6.00. The van der Waals surface area contributed by atoms with Crippen molar-refractivity contribution >= 4 is 24.4 Å². The summed E-state index contributed by atoms with van der Waals surface area (Å²) in [7, 11) is 0. The fourth-order valence-corrected chi connectivity index (χ4v) is 4.43. The molecule has 2 unspecified atom stereocenters. The maximum Gasteiger partial charge on any atom is 0.341 e. The molecule has 1 aliphatic heterocycles. The van der Waals surface area contributed by atoms with Crippen LogP contribution in [0, 0.1) is 11.7 Å². The third-order valence-corrected chi connectivity index (χ3v) is 6.59. The zero-order valence-corrected chi connectivity index (χ0v) is 19.0. The van der Waals surface area contributed by atoms with E-state index in [4.69, 9.17) is 17.4 Å². The SMILES string of the molecule is CCOC(=O)c1cnn(C/C=C2\CN(C(C(=O)C3CC3)c3ccccc3F)CCC2S)c1. The average molecular weight is 458 g/mol. The number of nitrogens with zero attached hydrogens (tertiary/aromatic N) is 3. The molecule has 1 aliphatic carbocycles. The highest BCUT2D eigenvalue weighted by molar-refractivity contribution is 7.81. The van der Waals surface area contributed by atoms with Gasteiger partial charge in [0.2, 0.25) is 0 Å². The molecule has 1 saturated carbocycles. The quantitative estimate of drug-likeness (QED) is 0.371. The minimum atomic E-state index is -0.576. The van der Waals surface area contributed by atoms with Crippen LogP contribution in [0.3, 0.4) is 0 Å². The summed E-state index contributed by atoms with van der Waals surface area (Å²) in [6, 6.07) is 6.00. The molecule has 32 heavy (non-hydrogen) atoms. The zero-order chi connectivity index (χ0) is 22.7. The van der Waals surface area contributed by atoms with Gasteiger partial charge in [0.15, 0.2) is 5.78 Å². The van der Waals surface area contributed by atoms with Crippen molar-refractivity contribution in [1.82, 2.24) is 14.7 Å². The van der Waals surface area contributed by atoms with Gasteiger partial charge in [-0.1, -0.05) is 24.3 Å². The number of carbonyl (C=O) groups excluding carboxylic acids is 2. The van der Waals surface area contributed by atoms with Gasteiger partial charge in [0, 0.05) is 36.0 Å². The van der Waals surface area contributed by atoms with E-state index in [-0.39, 0.29) is 22.8 Å². The predicted molar refractivity (Wildman–Crippen MR) is 122 cm³/mol. The lowest BCUT2D eigenvalue weighted by Crippen LogP contribution is -2.42. The van der Waals surface area contributed by atoms with Gasteiger partial charge in [-0.05, 0) is 37.8 Å². The second kappa shape index (κ2) is 10.0. The number of allylic oxidation sites excluding steroid dienone is 1. The second-order valence-electron chi connectivity index (χ2n) is 8.33. The van der Waals surface area contributed by atoms with E-state index < -0.39 is 12.0 Å². The van der Waals surface area contributed by atoms with Crippen molar-refractivity contribution in [1.29, 1.82) is 0 Å². The van der Waals surface area contributed by atoms with Crippen molar-refractivity contribution < 1.29 is 18.7 Å². The lowest BCUT2D eigenvalue weighted by Gasteiger charge is -2.37. The number of aromatic nitrogens is 2. The number of carbonyl (C=O) groups is 2. The van der Waals surface area contributed by atoms with Crippen molar-refractivity contribution in [2.75, 3.05) is 19.7 Å². The molecule has 0 radical (unpaired) electrons. The summed E-state index contributed by atoms with van der Waals surface area (Å²) in [6.45, 7) is 3.76. The largest absolute Gasteiger partial charge is 0.462 e. The highest BCUT2D eigenvalue weighted by Crippen LogP contribution is 2.39. The van der Waals surface area contributed by atoms with E-state index in [0.29, 0.717) is 37.4 Å². The van der Waals surface area contributed by atoms with Crippen LogP contribution in [0.25, 0.3) is 0 Å². The fourth-order valence-electron chi connectivity index (χ4n) is 4.13. The van der Waals surface area contributed by atoms with Crippen molar-refractivity contribution in [2.24, 2.45) is 5.92 Å². The molecule has 1 saturated heterocycles. The summed E-state index contributed by atoms with van der Waals surface area (Å²) >= 11 is 4.73. The van der Waals surface area contributed by atoms with E-state index in [0.717, 1.165) is 24.8 Å². The molecule has 1 aromatic carbocycles. The molecule has 4 rings (SSSR count). The van der Waals surface area contributed by atoms with Gasteiger partial charge in [0.05, 0.1) is 31.0 Å². The summed E-state index contributed by atoms with van der Waals surface area (Å²) < 4.78 is 21.3. The monoisotopic (exact) mass is 457 g/mol. The summed E-state index contributed by atoms with van der Waals surface area (Å²) in [6.07, 6.45) is 7.72. The molecule has 2 atom stereocenters. The van der Waals surface area contributed by atoms with Crippen molar-refractivity contribution in [3.8, 4) is 0 Å². The number of ketones is 1. The van der Waals surface area contributed by atoms with E-state index in [1.807, 2.05) is 6.08 Å². The smallest absolute Gasteiger partial charge is 0.341 e. The number of likely N-dealkylation sites (tertiary alicyclic amines) is 1. The van der Waals surface area contributed by atoms with Crippen LogP contribution in [-0.4, -0.2) is 51.4 Å². The first kappa shape index (κ1) is 22.7. The van der Waals surface area contributed by atoms with Crippen LogP contribution in [0.15, 0.2) is 48.3 Å². The van der Waals surface area contributed by atoms with Crippen LogP contribution >= 0.6 is 12.6 Å². The van der Waals surface area contributed by atoms with Crippen molar-refractivity contribution in [3.63, 3.8) is 0 Å². The standard InChI is InChI=1S/C24H28FN3O3S/c1-2-31-24(30)18-13-26-28(15-18)12-9-17-14-27(11-10-21(17)32)22(23(29)16-7-8-16)19-5-3-4-6-20(19)25/h3-6,9,13,15-16,21-22,32H,2,7-8,10-12,14H2,1H3/b17-9+. The number of Topliss-reactive ketones (excluding diaryl/α,β-unsaturated/α-hetero) is 1. The molecule has 2 heterocycles. The Hall–Kier alpha value is -2.45. The van der Waals surface area contributed by atoms with Crippen LogP contribution in [0.5, 0.6) is 0 Å². The van der Waals surface area contributed by atoms with Gasteiger partial charge in [-0.3, -0.25) is 14.4 Å². The Labute approximate surface area is 192 Å². The van der Waals surface area contributed by atoms with E-state index in [1.165, 1.54) is 12.3 Å². The van der Waals surface area contributed by atoms with E-state index in [9.17, 15) is 14.0 Å². The number of hydrogen-bond acceptors (Lipinski definition) is 6. The fraction of sp³-hybridized carbons (Fsp3) is 0.458. The third kappa shape index (κ3) is 5.13. The first-order chi connectivity index (χ1) is 15.5. The molecule has 2 fully saturated rings. The van der Waals surface area contributed by atoms with Gasteiger partial charge in [-0.25, -0.2) is 9.18 Å².